The highest BCUT2D eigenvalue weighted by molar-refractivity contribution is 7.12. The number of hydrogen-bond donors (Lipinski definition) is 4. The molecule has 0 bridgehead atoms. The highest BCUT2D eigenvalue weighted by atomic mass is 35.5. The van der Waals surface area contributed by atoms with Crippen LogP contribution in [-0.4, -0.2) is 72.8 Å². The second kappa shape index (κ2) is 12.3. The van der Waals surface area contributed by atoms with E-state index >= 15 is 0 Å². The fourth-order valence-corrected chi connectivity index (χ4v) is 5.04. The maximum atomic E-state index is 12.2. The van der Waals surface area contributed by atoms with Crippen LogP contribution in [0.2, 0.25) is 5.02 Å². The summed E-state index contributed by atoms with van der Waals surface area (Å²) < 4.78 is 5.97. The van der Waals surface area contributed by atoms with Crippen molar-refractivity contribution in [3.8, 4) is 5.75 Å². The van der Waals surface area contributed by atoms with E-state index in [1.165, 1.54) is 22.4 Å². The predicted molar refractivity (Wildman–Crippen MR) is 150 cm³/mol. The molecule has 0 spiro atoms. The molecular formula is C25H30ClN7O4S. The first kappa shape index (κ1) is 27.4. The van der Waals surface area contributed by atoms with Gasteiger partial charge in [0.1, 0.15) is 15.6 Å². The largest absolute Gasteiger partial charge is 0.491 e. The van der Waals surface area contributed by atoms with E-state index < -0.39 is 6.09 Å². The van der Waals surface area contributed by atoms with Crippen molar-refractivity contribution >= 4 is 63.8 Å². The maximum absolute atomic E-state index is 12.2. The molecule has 0 saturated heterocycles. The molecule has 0 unspecified atom stereocenters. The summed E-state index contributed by atoms with van der Waals surface area (Å²) in [4.78, 5) is 37.0. The SMILES string of the molecule is CNC(=O)c1sccc1Nc1nc(Nc2cc(CCCN(C)C)c3c(c2)OCCCN3C(=O)O)ncc1Cl. The first-order valence-electron chi connectivity index (χ1n) is 12.1. The number of carbonyl (C=O) groups is 2. The Kier molecular flexibility index (Phi) is 8.87. The summed E-state index contributed by atoms with van der Waals surface area (Å²) in [7, 11) is 5.57. The highest BCUT2D eigenvalue weighted by Gasteiger charge is 2.26. The summed E-state index contributed by atoms with van der Waals surface area (Å²) in [5.41, 5.74) is 2.68. The molecule has 1 aliphatic rings. The van der Waals surface area contributed by atoms with Crippen molar-refractivity contribution in [2.75, 3.05) is 56.4 Å². The van der Waals surface area contributed by atoms with Crippen molar-refractivity contribution in [3.63, 3.8) is 0 Å². The Morgan fingerprint density at radius 3 is 2.84 bits per heavy atom. The molecular weight excluding hydrogens is 530 g/mol. The average Bonchev–Trinajstić information content (AvgIpc) is 3.22. The van der Waals surface area contributed by atoms with Crippen molar-refractivity contribution in [1.82, 2.24) is 20.2 Å². The van der Waals surface area contributed by atoms with E-state index in [9.17, 15) is 14.7 Å². The molecule has 3 aromatic rings. The van der Waals surface area contributed by atoms with Gasteiger partial charge in [-0.2, -0.15) is 4.98 Å². The van der Waals surface area contributed by atoms with Gasteiger partial charge < -0.3 is 30.7 Å². The molecule has 0 saturated carbocycles. The van der Waals surface area contributed by atoms with E-state index in [4.69, 9.17) is 16.3 Å². The number of carbonyl (C=O) groups excluding carboxylic acids is 1. The quantitative estimate of drug-likeness (QED) is 0.292. The van der Waals surface area contributed by atoms with Crippen molar-refractivity contribution in [2.45, 2.75) is 19.3 Å². The Balaban J connectivity index is 1.65. The number of halogens is 1. The Morgan fingerprint density at radius 1 is 1.29 bits per heavy atom. The van der Waals surface area contributed by atoms with Gasteiger partial charge in [-0.1, -0.05) is 11.6 Å². The number of fused-ring (bicyclic) bond motifs is 1. The minimum Gasteiger partial charge on any atom is -0.491 e. The highest BCUT2D eigenvalue weighted by Crippen LogP contribution is 2.39. The van der Waals surface area contributed by atoms with Crippen LogP contribution in [0.3, 0.4) is 0 Å². The molecule has 1 aliphatic heterocycles. The second-order valence-corrected chi connectivity index (χ2v) is 10.2. The van der Waals surface area contributed by atoms with Crippen LogP contribution in [0.5, 0.6) is 5.75 Å². The van der Waals surface area contributed by atoms with E-state index in [0.29, 0.717) is 59.5 Å². The number of rotatable bonds is 9. The first-order chi connectivity index (χ1) is 18.3. The van der Waals surface area contributed by atoms with Gasteiger partial charge in [0, 0.05) is 25.3 Å². The summed E-state index contributed by atoms with van der Waals surface area (Å²) in [6.45, 7) is 1.64. The van der Waals surface area contributed by atoms with Crippen molar-refractivity contribution in [1.29, 1.82) is 0 Å². The van der Waals surface area contributed by atoms with Gasteiger partial charge in [-0.25, -0.2) is 9.78 Å². The minimum atomic E-state index is -1.01. The molecule has 1 aromatic carbocycles. The summed E-state index contributed by atoms with van der Waals surface area (Å²) in [5, 5.41) is 20.9. The molecule has 0 aliphatic carbocycles. The summed E-state index contributed by atoms with van der Waals surface area (Å²) in [5.74, 6) is 0.891. The molecule has 3 heterocycles. The van der Waals surface area contributed by atoms with Crippen molar-refractivity contribution in [2.24, 2.45) is 0 Å². The third-order valence-corrected chi connectivity index (χ3v) is 7.03. The van der Waals surface area contributed by atoms with E-state index in [1.807, 2.05) is 20.2 Å². The van der Waals surface area contributed by atoms with Crippen molar-refractivity contribution in [3.05, 3.63) is 45.2 Å². The lowest BCUT2D eigenvalue weighted by molar-refractivity contribution is 0.0967. The number of benzene rings is 1. The summed E-state index contributed by atoms with van der Waals surface area (Å²) in [6.07, 6.45) is 2.56. The molecule has 11 nitrogen and oxygen atoms in total. The zero-order chi connectivity index (χ0) is 27.2. The monoisotopic (exact) mass is 559 g/mol. The molecule has 0 radical (unpaired) electrons. The van der Waals surface area contributed by atoms with Crippen LogP contribution in [0, 0.1) is 0 Å². The van der Waals surface area contributed by atoms with Gasteiger partial charge in [0.05, 0.1) is 24.2 Å². The zero-order valence-corrected chi connectivity index (χ0v) is 22.9. The lowest BCUT2D eigenvalue weighted by Crippen LogP contribution is -2.30. The van der Waals surface area contributed by atoms with Crippen LogP contribution < -0.4 is 25.6 Å². The molecule has 2 aromatic heterocycles. The van der Waals surface area contributed by atoms with Crippen LogP contribution in [0.25, 0.3) is 0 Å². The zero-order valence-electron chi connectivity index (χ0n) is 21.4. The van der Waals surface area contributed by atoms with Crippen LogP contribution in [0.1, 0.15) is 28.1 Å². The minimum absolute atomic E-state index is 0.215. The molecule has 202 valence electrons. The predicted octanol–water partition coefficient (Wildman–Crippen LogP) is 4.80. The maximum Gasteiger partial charge on any atom is 0.411 e. The second-order valence-electron chi connectivity index (χ2n) is 8.91. The Bertz CT molecular complexity index is 1320. The van der Waals surface area contributed by atoms with E-state index in [0.717, 1.165) is 18.5 Å². The number of carboxylic acid groups (broad SMARTS) is 1. The van der Waals surface area contributed by atoms with Gasteiger partial charge >= 0.3 is 6.09 Å². The molecule has 4 N–H and O–H groups in total. The molecule has 0 fully saturated rings. The number of anilines is 5. The smallest absolute Gasteiger partial charge is 0.411 e. The third-order valence-electron chi connectivity index (χ3n) is 5.84. The average molecular weight is 560 g/mol. The number of nitrogens with zero attached hydrogens (tertiary/aromatic N) is 4. The number of nitrogens with one attached hydrogen (secondary N) is 3. The lowest BCUT2D eigenvalue weighted by atomic mass is 10.0. The fraction of sp³-hybridized carbons (Fsp3) is 0.360. The van der Waals surface area contributed by atoms with Gasteiger partial charge in [0.15, 0.2) is 5.82 Å². The van der Waals surface area contributed by atoms with Crippen LogP contribution in [0.15, 0.2) is 29.8 Å². The summed E-state index contributed by atoms with van der Waals surface area (Å²) >= 11 is 7.65. The summed E-state index contributed by atoms with van der Waals surface area (Å²) in [6, 6.07) is 5.45. The van der Waals surface area contributed by atoms with Crippen LogP contribution in [0.4, 0.5) is 33.6 Å². The third kappa shape index (κ3) is 6.44. The molecule has 4 rings (SSSR count). The van der Waals surface area contributed by atoms with Crippen LogP contribution >= 0.6 is 22.9 Å². The number of amides is 2. The lowest BCUT2D eigenvalue weighted by Gasteiger charge is -2.23. The Labute approximate surface area is 229 Å². The fourth-order valence-electron chi connectivity index (χ4n) is 4.11. The number of hydrogen-bond acceptors (Lipinski definition) is 9. The molecule has 38 heavy (non-hydrogen) atoms. The number of aromatic nitrogens is 2. The number of thiophene rings is 1. The topological polar surface area (TPSA) is 132 Å². The number of aryl methyl sites for hydroxylation is 1. The van der Waals surface area contributed by atoms with E-state index in [-0.39, 0.29) is 16.9 Å². The molecule has 0 atom stereocenters. The van der Waals surface area contributed by atoms with E-state index in [1.54, 1.807) is 24.6 Å². The van der Waals surface area contributed by atoms with E-state index in [2.05, 4.69) is 30.8 Å². The Morgan fingerprint density at radius 2 is 2.11 bits per heavy atom. The van der Waals surface area contributed by atoms with Gasteiger partial charge in [-0.15, -0.1) is 11.3 Å². The number of ether oxygens (including phenoxy) is 1. The standard InChI is InChI=1S/C25H30ClN7O4S/c1-27-23(34)21-18(7-11-38-21)30-22-17(26)14-28-24(31-22)29-16-12-15(6-4-8-32(2)3)20-19(13-16)37-10-5-9-33(20)25(35)36/h7,11-14H,4-6,8-10H2,1-3H3,(H,27,34)(H,35,36)(H2,28,29,30,31). The van der Waals surface area contributed by atoms with Crippen LogP contribution in [-0.2, 0) is 6.42 Å². The molecule has 2 amide bonds. The van der Waals surface area contributed by atoms with Gasteiger partial charge in [0.25, 0.3) is 5.91 Å². The molecule has 13 heteroatoms. The normalized spacial score (nSPS) is 12.9. The first-order valence-corrected chi connectivity index (χ1v) is 13.3. The van der Waals surface area contributed by atoms with Gasteiger partial charge in [-0.05, 0) is 63.0 Å². The Hall–Kier alpha value is -3.61. The van der Waals surface area contributed by atoms with Gasteiger partial charge in [0.2, 0.25) is 5.95 Å². The van der Waals surface area contributed by atoms with Crippen molar-refractivity contribution < 1.29 is 19.4 Å². The van der Waals surface area contributed by atoms with Gasteiger partial charge in [-0.3, -0.25) is 9.69 Å².